The van der Waals surface area contributed by atoms with Crippen LogP contribution in [0.5, 0.6) is 0 Å². The van der Waals surface area contributed by atoms with Gasteiger partial charge in [0.2, 0.25) is 0 Å². The highest BCUT2D eigenvalue weighted by Gasteiger charge is 2.19. The molecule has 1 aliphatic heterocycles. The highest BCUT2D eigenvalue weighted by atomic mass is 32.1. The zero-order valence-corrected chi connectivity index (χ0v) is 11.2. The number of piperidine rings is 1. The first kappa shape index (κ1) is 11.2. The van der Waals surface area contributed by atoms with Crippen molar-refractivity contribution in [1.29, 1.82) is 0 Å². The standard InChI is InChI=1S/C14H18N2S/c1-9-3-4-12-13(10(9)2)16-14(17-12)11-5-7-15-8-6-11/h3-4,11,15H,5-8H2,1-2H3. The van der Waals surface area contributed by atoms with Crippen molar-refractivity contribution in [2.45, 2.75) is 32.6 Å². The molecule has 0 radical (unpaired) electrons. The van der Waals surface area contributed by atoms with Gasteiger partial charge in [0.25, 0.3) is 0 Å². The third-order valence-electron chi connectivity index (χ3n) is 3.79. The quantitative estimate of drug-likeness (QED) is 0.834. The van der Waals surface area contributed by atoms with Crippen LogP contribution in [0, 0.1) is 13.8 Å². The van der Waals surface area contributed by atoms with Gasteiger partial charge < -0.3 is 5.32 Å². The molecule has 0 bridgehead atoms. The third-order valence-corrected chi connectivity index (χ3v) is 4.97. The number of benzene rings is 1. The van der Waals surface area contributed by atoms with Gasteiger partial charge >= 0.3 is 0 Å². The monoisotopic (exact) mass is 246 g/mol. The largest absolute Gasteiger partial charge is 0.317 e. The van der Waals surface area contributed by atoms with Crippen molar-refractivity contribution in [2.24, 2.45) is 0 Å². The van der Waals surface area contributed by atoms with E-state index in [1.807, 2.05) is 11.3 Å². The van der Waals surface area contributed by atoms with Gasteiger partial charge in [-0.05, 0) is 57.0 Å². The summed E-state index contributed by atoms with van der Waals surface area (Å²) in [5, 5.41) is 4.76. The van der Waals surface area contributed by atoms with E-state index in [2.05, 4.69) is 31.3 Å². The molecule has 1 fully saturated rings. The van der Waals surface area contributed by atoms with Crippen LogP contribution in [0.4, 0.5) is 0 Å². The Bertz CT molecular complexity index is 538. The second-order valence-corrected chi connectivity index (χ2v) is 5.99. The summed E-state index contributed by atoms with van der Waals surface area (Å²) in [6, 6.07) is 4.43. The van der Waals surface area contributed by atoms with Gasteiger partial charge in [-0.1, -0.05) is 6.07 Å². The molecule has 1 N–H and O–H groups in total. The molecule has 0 amide bonds. The first-order valence-corrected chi connectivity index (χ1v) is 7.14. The molecule has 2 nitrogen and oxygen atoms in total. The Hall–Kier alpha value is -0.930. The molecule has 3 heteroatoms. The molecule has 1 aliphatic rings. The Labute approximate surface area is 106 Å². The number of rotatable bonds is 1. The smallest absolute Gasteiger partial charge is 0.0970 e. The normalized spacial score (nSPS) is 17.8. The number of nitrogens with zero attached hydrogens (tertiary/aromatic N) is 1. The molecule has 1 aromatic heterocycles. The van der Waals surface area contributed by atoms with Gasteiger partial charge in [0.05, 0.1) is 15.2 Å². The van der Waals surface area contributed by atoms with Crippen LogP contribution in [0.2, 0.25) is 0 Å². The molecule has 0 aliphatic carbocycles. The predicted octanol–water partition coefficient (Wildman–Crippen LogP) is 3.38. The average molecular weight is 246 g/mol. The zero-order chi connectivity index (χ0) is 11.8. The van der Waals surface area contributed by atoms with E-state index in [0.29, 0.717) is 5.92 Å². The second kappa shape index (κ2) is 4.39. The summed E-state index contributed by atoms with van der Waals surface area (Å²) in [7, 11) is 0. The molecule has 0 saturated carbocycles. The molecule has 0 atom stereocenters. The highest BCUT2D eigenvalue weighted by molar-refractivity contribution is 7.18. The number of aromatic nitrogens is 1. The third kappa shape index (κ3) is 1.98. The molecule has 90 valence electrons. The Morgan fingerprint density at radius 2 is 2.00 bits per heavy atom. The molecule has 3 rings (SSSR count). The Balaban J connectivity index is 2.04. The number of nitrogens with one attached hydrogen (secondary N) is 1. The minimum Gasteiger partial charge on any atom is -0.317 e. The van der Waals surface area contributed by atoms with Crippen LogP contribution in [-0.4, -0.2) is 18.1 Å². The lowest BCUT2D eigenvalue weighted by Crippen LogP contribution is -2.26. The molecular weight excluding hydrogens is 228 g/mol. The van der Waals surface area contributed by atoms with Crippen LogP contribution in [0.15, 0.2) is 12.1 Å². The molecule has 17 heavy (non-hydrogen) atoms. The predicted molar refractivity (Wildman–Crippen MR) is 73.9 cm³/mol. The van der Waals surface area contributed by atoms with Crippen LogP contribution in [0.3, 0.4) is 0 Å². The van der Waals surface area contributed by atoms with Gasteiger partial charge in [0.15, 0.2) is 0 Å². The minimum atomic E-state index is 0.674. The van der Waals surface area contributed by atoms with Crippen molar-refractivity contribution in [3.05, 3.63) is 28.3 Å². The summed E-state index contributed by atoms with van der Waals surface area (Å²) in [5.41, 5.74) is 3.92. The van der Waals surface area contributed by atoms with Crippen molar-refractivity contribution in [2.75, 3.05) is 13.1 Å². The minimum absolute atomic E-state index is 0.674. The maximum atomic E-state index is 4.89. The SMILES string of the molecule is Cc1ccc2sc(C3CCNCC3)nc2c1C. The summed E-state index contributed by atoms with van der Waals surface area (Å²) < 4.78 is 1.35. The van der Waals surface area contributed by atoms with Gasteiger partial charge in [-0.15, -0.1) is 11.3 Å². The van der Waals surface area contributed by atoms with Crippen molar-refractivity contribution in [3.8, 4) is 0 Å². The molecular formula is C14H18N2S. The van der Waals surface area contributed by atoms with Crippen LogP contribution in [0.25, 0.3) is 10.2 Å². The van der Waals surface area contributed by atoms with Crippen molar-refractivity contribution in [1.82, 2.24) is 10.3 Å². The average Bonchev–Trinajstić information content (AvgIpc) is 2.80. The second-order valence-electron chi connectivity index (χ2n) is 4.93. The highest BCUT2D eigenvalue weighted by Crippen LogP contribution is 2.34. The molecule has 2 heterocycles. The summed E-state index contributed by atoms with van der Waals surface area (Å²) in [5.74, 6) is 0.674. The Morgan fingerprint density at radius 1 is 1.24 bits per heavy atom. The lowest BCUT2D eigenvalue weighted by atomic mass is 9.99. The number of hydrogen-bond donors (Lipinski definition) is 1. The van der Waals surface area contributed by atoms with Gasteiger partial charge in [-0.25, -0.2) is 4.98 Å². The summed E-state index contributed by atoms with van der Waals surface area (Å²) in [6.45, 7) is 6.62. The Morgan fingerprint density at radius 3 is 2.76 bits per heavy atom. The molecule has 1 saturated heterocycles. The summed E-state index contributed by atoms with van der Waals surface area (Å²) in [6.07, 6.45) is 2.47. The van der Waals surface area contributed by atoms with E-state index in [-0.39, 0.29) is 0 Å². The lowest BCUT2D eigenvalue weighted by molar-refractivity contribution is 0.459. The van der Waals surface area contributed by atoms with Gasteiger partial charge in [0, 0.05) is 5.92 Å². The number of thiazole rings is 1. The van der Waals surface area contributed by atoms with E-state index in [1.54, 1.807) is 0 Å². The van der Waals surface area contributed by atoms with Gasteiger partial charge in [-0.2, -0.15) is 0 Å². The fraction of sp³-hybridized carbons (Fsp3) is 0.500. The van der Waals surface area contributed by atoms with E-state index in [1.165, 1.54) is 39.2 Å². The van der Waals surface area contributed by atoms with Crippen LogP contribution in [-0.2, 0) is 0 Å². The molecule has 0 spiro atoms. The van der Waals surface area contributed by atoms with Crippen molar-refractivity contribution in [3.63, 3.8) is 0 Å². The van der Waals surface area contributed by atoms with Crippen LogP contribution in [0.1, 0.15) is 34.9 Å². The van der Waals surface area contributed by atoms with E-state index in [9.17, 15) is 0 Å². The van der Waals surface area contributed by atoms with Crippen LogP contribution >= 0.6 is 11.3 Å². The van der Waals surface area contributed by atoms with Crippen molar-refractivity contribution >= 4 is 21.6 Å². The molecule has 0 unspecified atom stereocenters. The van der Waals surface area contributed by atoms with E-state index >= 15 is 0 Å². The number of aryl methyl sites for hydroxylation is 2. The number of fused-ring (bicyclic) bond motifs is 1. The first-order chi connectivity index (χ1) is 8.25. The maximum Gasteiger partial charge on any atom is 0.0970 e. The molecule has 2 aromatic rings. The lowest BCUT2D eigenvalue weighted by Gasteiger charge is -2.20. The van der Waals surface area contributed by atoms with Gasteiger partial charge in [-0.3, -0.25) is 0 Å². The summed E-state index contributed by atoms with van der Waals surface area (Å²) >= 11 is 1.89. The van der Waals surface area contributed by atoms with E-state index < -0.39 is 0 Å². The van der Waals surface area contributed by atoms with E-state index in [4.69, 9.17) is 4.98 Å². The fourth-order valence-electron chi connectivity index (χ4n) is 2.49. The number of hydrogen-bond acceptors (Lipinski definition) is 3. The first-order valence-electron chi connectivity index (χ1n) is 6.33. The Kier molecular flexibility index (Phi) is 2.89. The van der Waals surface area contributed by atoms with E-state index in [0.717, 1.165) is 13.1 Å². The topological polar surface area (TPSA) is 24.9 Å². The van der Waals surface area contributed by atoms with Gasteiger partial charge in [0.1, 0.15) is 0 Å². The van der Waals surface area contributed by atoms with Crippen molar-refractivity contribution < 1.29 is 0 Å². The zero-order valence-electron chi connectivity index (χ0n) is 10.4. The maximum absolute atomic E-state index is 4.89. The fourth-order valence-corrected chi connectivity index (χ4v) is 3.68. The van der Waals surface area contributed by atoms with Crippen LogP contribution < -0.4 is 5.32 Å². The molecule has 1 aromatic carbocycles. The summed E-state index contributed by atoms with van der Waals surface area (Å²) in [4.78, 5) is 4.89.